The van der Waals surface area contributed by atoms with E-state index in [0.29, 0.717) is 16.4 Å². The summed E-state index contributed by atoms with van der Waals surface area (Å²) in [4.78, 5) is 22.4. The van der Waals surface area contributed by atoms with Crippen molar-refractivity contribution >= 4 is 44.6 Å². The fourth-order valence-electron chi connectivity index (χ4n) is 3.15. The zero-order chi connectivity index (χ0) is 23.8. The Hall–Kier alpha value is -2.26. The fourth-order valence-corrected chi connectivity index (χ4v) is 4.23. The molecule has 0 aliphatic heterocycles. The lowest BCUT2D eigenvalue weighted by Crippen LogP contribution is -2.21. The van der Waals surface area contributed by atoms with E-state index in [1.54, 1.807) is 0 Å². The van der Waals surface area contributed by atoms with E-state index in [-0.39, 0.29) is 5.75 Å². The molecule has 0 aromatic heterocycles. The monoisotopic (exact) mass is 587 g/mol. The van der Waals surface area contributed by atoms with Gasteiger partial charge >= 0.3 is 11.9 Å². The minimum Gasteiger partial charge on any atom is -0.744 e. The highest BCUT2D eigenvalue weighted by atomic mass is 127. The highest BCUT2D eigenvalue weighted by molar-refractivity contribution is 14.1. The van der Waals surface area contributed by atoms with Gasteiger partial charge in [-0.1, -0.05) is 12.8 Å². The lowest BCUT2D eigenvalue weighted by atomic mass is 10.1. The van der Waals surface area contributed by atoms with Crippen molar-refractivity contribution in [1.29, 1.82) is 0 Å². The minimum atomic E-state index is -5.92. The predicted octanol–water partition coefficient (Wildman–Crippen LogP) is 4.07. The Kier molecular flexibility index (Phi) is 7.09. The van der Waals surface area contributed by atoms with E-state index in [2.05, 4.69) is 4.74 Å². The van der Waals surface area contributed by atoms with E-state index in [0.717, 1.165) is 18.9 Å². The van der Waals surface area contributed by atoms with Crippen LogP contribution < -0.4 is 9.47 Å². The molecule has 2 aromatic rings. The molecule has 0 atom stereocenters. The first-order chi connectivity index (χ1) is 14.9. The largest absolute Gasteiger partial charge is 0.744 e. The van der Waals surface area contributed by atoms with Crippen molar-refractivity contribution in [3.05, 3.63) is 50.6 Å². The number of hydrogen-bond acceptors (Lipinski definition) is 7. The van der Waals surface area contributed by atoms with E-state index in [4.69, 9.17) is 4.74 Å². The van der Waals surface area contributed by atoms with Gasteiger partial charge in [-0.15, -0.1) is 0 Å². The molecule has 13 heteroatoms. The number of ether oxygens (including phenoxy) is 2. The standard InChI is InChI=1S/C19H13F4IO7S/c20-12-14(22)17(32(27,28)29)15(23)13(21)16(12)31-19(26)10-6-5-9(24)7-11(10)30-18(25)8-3-1-2-4-8/h5-8H,1-4H2,(H,27,28,29)/p-1. The number of rotatable bonds is 5. The molecular weight excluding hydrogens is 575 g/mol. The van der Waals surface area contributed by atoms with Crippen LogP contribution in [-0.4, -0.2) is 24.9 Å². The molecule has 0 heterocycles. The van der Waals surface area contributed by atoms with Crippen molar-refractivity contribution in [2.24, 2.45) is 5.92 Å². The van der Waals surface area contributed by atoms with E-state index < -0.39 is 67.5 Å². The number of benzene rings is 2. The summed E-state index contributed by atoms with van der Waals surface area (Å²) in [6.07, 6.45) is 2.83. The molecule has 3 rings (SSSR count). The summed E-state index contributed by atoms with van der Waals surface area (Å²) in [5.74, 6) is -14.7. The third kappa shape index (κ3) is 4.88. The van der Waals surface area contributed by atoms with Gasteiger partial charge in [-0.2, -0.15) is 8.78 Å². The van der Waals surface area contributed by atoms with Crippen molar-refractivity contribution in [1.82, 2.24) is 0 Å². The van der Waals surface area contributed by atoms with Gasteiger partial charge in [0.1, 0.15) is 26.3 Å². The fraction of sp³-hybridized carbons (Fsp3) is 0.263. The molecule has 0 unspecified atom stereocenters. The average Bonchev–Trinajstić information content (AvgIpc) is 3.24. The maximum absolute atomic E-state index is 14.1. The highest BCUT2D eigenvalue weighted by Crippen LogP contribution is 2.34. The molecule has 32 heavy (non-hydrogen) atoms. The number of halogens is 5. The number of esters is 2. The Morgan fingerprint density at radius 3 is 2.06 bits per heavy atom. The van der Waals surface area contributed by atoms with Crippen LogP contribution in [0.2, 0.25) is 0 Å². The summed E-state index contributed by atoms with van der Waals surface area (Å²) < 4.78 is 99.0. The van der Waals surface area contributed by atoms with Crippen LogP contribution in [-0.2, 0) is 14.9 Å². The minimum absolute atomic E-state index is 0.306. The van der Waals surface area contributed by atoms with Gasteiger partial charge in [0, 0.05) is 3.57 Å². The highest BCUT2D eigenvalue weighted by Gasteiger charge is 2.32. The first-order valence-corrected chi connectivity index (χ1v) is 11.5. The number of carbonyl (C=O) groups is 2. The molecule has 1 saturated carbocycles. The van der Waals surface area contributed by atoms with Gasteiger partial charge in [0.15, 0.2) is 11.6 Å². The van der Waals surface area contributed by atoms with Crippen LogP contribution in [0.5, 0.6) is 11.5 Å². The molecule has 0 spiro atoms. The molecule has 1 fully saturated rings. The van der Waals surface area contributed by atoms with Crippen LogP contribution in [0, 0.1) is 32.8 Å². The van der Waals surface area contributed by atoms with Gasteiger partial charge in [0.05, 0.1) is 5.92 Å². The zero-order valence-corrected chi connectivity index (χ0v) is 18.8. The summed E-state index contributed by atoms with van der Waals surface area (Å²) in [7, 11) is -5.92. The normalized spacial score (nSPS) is 14.4. The van der Waals surface area contributed by atoms with Crippen molar-refractivity contribution in [2.75, 3.05) is 0 Å². The molecule has 1 aliphatic rings. The zero-order valence-electron chi connectivity index (χ0n) is 15.8. The maximum Gasteiger partial charge on any atom is 0.347 e. The second kappa shape index (κ2) is 9.31. The Bertz CT molecular complexity index is 1180. The maximum atomic E-state index is 14.1. The van der Waals surface area contributed by atoms with Crippen molar-refractivity contribution < 1.29 is 49.6 Å². The van der Waals surface area contributed by atoms with Gasteiger partial charge in [-0.05, 0) is 53.6 Å². The first-order valence-electron chi connectivity index (χ1n) is 8.97. The number of hydrogen-bond donors (Lipinski definition) is 0. The van der Waals surface area contributed by atoms with Gasteiger partial charge in [0.25, 0.3) is 0 Å². The molecule has 0 amide bonds. The van der Waals surface area contributed by atoms with E-state index in [1.165, 1.54) is 12.1 Å². The summed E-state index contributed by atoms with van der Waals surface area (Å²) >= 11 is 1.85. The third-order valence-electron chi connectivity index (χ3n) is 4.69. The Balaban J connectivity index is 1.97. The van der Waals surface area contributed by atoms with Crippen LogP contribution in [0.3, 0.4) is 0 Å². The molecule has 7 nitrogen and oxygen atoms in total. The first kappa shape index (κ1) is 24.4. The van der Waals surface area contributed by atoms with Crippen LogP contribution in [0.1, 0.15) is 36.0 Å². The van der Waals surface area contributed by atoms with Crippen molar-refractivity contribution in [2.45, 2.75) is 30.6 Å². The Labute approximate surface area is 192 Å². The second-order valence-electron chi connectivity index (χ2n) is 6.80. The van der Waals surface area contributed by atoms with Crippen molar-refractivity contribution in [3.8, 4) is 11.5 Å². The molecule has 0 N–H and O–H groups in total. The van der Waals surface area contributed by atoms with Gasteiger partial charge in [-0.25, -0.2) is 22.0 Å². The number of carbonyl (C=O) groups excluding carboxylic acids is 2. The van der Waals surface area contributed by atoms with E-state index in [1.807, 2.05) is 22.6 Å². The SMILES string of the molecule is O=C(Oc1c(F)c(F)c(S(=O)(=O)[O-])c(F)c1F)c1ccc(I)cc1OC(=O)C1CCCC1. The molecule has 0 bridgehead atoms. The van der Waals surface area contributed by atoms with Crippen LogP contribution >= 0.6 is 22.6 Å². The van der Waals surface area contributed by atoms with E-state index in [9.17, 15) is 40.1 Å². The summed E-state index contributed by atoms with van der Waals surface area (Å²) in [6.45, 7) is 0. The smallest absolute Gasteiger partial charge is 0.347 e. The van der Waals surface area contributed by atoms with Crippen LogP contribution in [0.15, 0.2) is 23.1 Å². The Morgan fingerprint density at radius 1 is 0.969 bits per heavy atom. The molecule has 0 radical (unpaired) electrons. The summed E-state index contributed by atoms with van der Waals surface area (Å²) in [6, 6.07) is 3.73. The molecule has 2 aromatic carbocycles. The predicted molar refractivity (Wildman–Crippen MR) is 106 cm³/mol. The second-order valence-corrected chi connectivity index (χ2v) is 9.36. The van der Waals surface area contributed by atoms with Gasteiger partial charge < -0.3 is 14.0 Å². The van der Waals surface area contributed by atoms with E-state index >= 15 is 0 Å². The summed E-state index contributed by atoms with van der Waals surface area (Å²) in [5.41, 5.74) is -0.489. The molecule has 0 saturated heterocycles. The lowest BCUT2D eigenvalue weighted by Gasteiger charge is -2.15. The lowest BCUT2D eigenvalue weighted by molar-refractivity contribution is -0.138. The topological polar surface area (TPSA) is 110 Å². The molecule has 172 valence electrons. The average molecular weight is 587 g/mol. The van der Waals surface area contributed by atoms with Crippen LogP contribution in [0.25, 0.3) is 0 Å². The third-order valence-corrected chi connectivity index (χ3v) is 6.22. The van der Waals surface area contributed by atoms with Gasteiger partial charge in [-0.3, -0.25) is 4.79 Å². The Morgan fingerprint density at radius 2 is 1.53 bits per heavy atom. The quantitative estimate of drug-likeness (QED) is 0.130. The molecule has 1 aliphatic carbocycles. The van der Waals surface area contributed by atoms with Gasteiger partial charge in [0.2, 0.25) is 17.4 Å². The molecular formula is C19H12F4IO7S-. The summed E-state index contributed by atoms with van der Waals surface area (Å²) in [5, 5.41) is 0. The van der Waals surface area contributed by atoms with Crippen LogP contribution in [0.4, 0.5) is 17.6 Å². The van der Waals surface area contributed by atoms with Crippen molar-refractivity contribution in [3.63, 3.8) is 0 Å².